The van der Waals surface area contributed by atoms with Gasteiger partial charge >= 0.3 is 6.09 Å². The third-order valence-electron chi connectivity index (χ3n) is 1.84. The Kier molecular flexibility index (Phi) is 3.41. The van der Waals surface area contributed by atoms with Gasteiger partial charge in [-0.25, -0.2) is 4.79 Å². The molecule has 1 aromatic rings. The largest absolute Gasteiger partial charge is 0.464 e. The fourth-order valence-electron chi connectivity index (χ4n) is 1.09. The lowest BCUT2D eigenvalue weighted by Gasteiger charge is -2.13. The molecule has 1 aromatic carbocycles. The summed E-state index contributed by atoms with van der Waals surface area (Å²) in [5.41, 5.74) is 2.29. The fraction of sp³-hybridized carbons (Fsp3) is 0.300. The van der Waals surface area contributed by atoms with Gasteiger partial charge in [-0.3, -0.25) is 4.31 Å². The van der Waals surface area contributed by atoms with Gasteiger partial charge in [0.25, 0.3) is 0 Å². The highest BCUT2D eigenvalue weighted by Crippen LogP contribution is 2.25. The third kappa shape index (κ3) is 2.67. The first-order chi connectivity index (χ1) is 6.50. The van der Waals surface area contributed by atoms with Crippen LogP contribution in [-0.2, 0) is 0 Å². The molecule has 0 saturated carbocycles. The number of carbonyl (C=O) groups is 1. The Labute approximate surface area is 87.9 Å². The maximum absolute atomic E-state index is 10.6. The lowest BCUT2D eigenvalue weighted by molar-refractivity contribution is 0.181. The maximum Gasteiger partial charge on any atom is 0.417 e. The van der Waals surface area contributed by atoms with Gasteiger partial charge in [0.15, 0.2) is 0 Å². The highest BCUT2D eigenvalue weighted by Gasteiger charge is 2.08. The van der Waals surface area contributed by atoms with E-state index in [1.54, 1.807) is 0 Å². The highest BCUT2D eigenvalue weighted by molar-refractivity contribution is 7.97. The van der Waals surface area contributed by atoms with Crippen LogP contribution in [0.5, 0.6) is 0 Å². The number of benzene rings is 1. The minimum absolute atomic E-state index is 0.935. The van der Waals surface area contributed by atoms with Gasteiger partial charge in [-0.15, -0.1) is 0 Å². The Balaban J connectivity index is 2.82. The van der Waals surface area contributed by atoms with Crippen molar-refractivity contribution in [1.29, 1.82) is 0 Å². The molecule has 0 bridgehead atoms. The third-order valence-corrected chi connectivity index (χ3v) is 2.92. The van der Waals surface area contributed by atoms with Crippen molar-refractivity contribution in [2.24, 2.45) is 0 Å². The second-order valence-corrected chi connectivity index (χ2v) is 4.31. The standard InChI is InChI=1S/C10H13NO2S/c1-7-4-5-9(8(2)6-7)14-11(3)10(12)13/h4-6H,1-3H3,(H,12,13). The molecule has 0 aliphatic heterocycles. The molecule has 0 atom stereocenters. The van der Waals surface area contributed by atoms with Crippen LogP contribution in [0.3, 0.4) is 0 Å². The van der Waals surface area contributed by atoms with E-state index in [-0.39, 0.29) is 0 Å². The predicted molar refractivity (Wildman–Crippen MR) is 57.6 cm³/mol. The second kappa shape index (κ2) is 4.37. The zero-order valence-corrected chi connectivity index (χ0v) is 9.26. The number of rotatable bonds is 2. The van der Waals surface area contributed by atoms with Crippen LogP contribution >= 0.6 is 11.9 Å². The summed E-state index contributed by atoms with van der Waals surface area (Å²) in [7, 11) is 1.53. The molecule has 1 N–H and O–H groups in total. The van der Waals surface area contributed by atoms with Crippen molar-refractivity contribution in [1.82, 2.24) is 4.31 Å². The minimum Gasteiger partial charge on any atom is -0.464 e. The molecule has 0 unspecified atom stereocenters. The average molecular weight is 211 g/mol. The SMILES string of the molecule is Cc1ccc(SN(C)C(=O)O)c(C)c1. The molecule has 1 rings (SSSR count). The summed E-state index contributed by atoms with van der Waals surface area (Å²) in [5.74, 6) is 0. The second-order valence-electron chi connectivity index (χ2n) is 3.14. The number of aryl methyl sites for hydroxylation is 2. The molecule has 4 heteroatoms. The molecule has 0 spiro atoms. The van der Waals surface area contributed by atoms with E-state index in [4.69, 9.17) is 5.11 Å². The Morgan fingerprint density at radius 1 is 1.43 bits per heavy atom. The quantitative estimate of drug-likeness (QED) is 0.765. The van der Waals surface area contributed by atoms with Gasteiger partial charge in [0.05, 0.1) is 0 Å². The van der Waals surface area contributed by atoms with Crippen molar-refractivity contribution in [3.05, 3.63) is 29.3 Å². The van der Waals surface area contributed by atoms with Gasteiger partial charge in [-0.2, -0.15) is 0 Å². The molecule has 0 saturated heterocycles. The van der Waals surface area contributed by atoms with Gasteiger partial charge in [0, 0.05) is 11.9 Å². The minimum atomic E-state index is -0.935. The van der Waals surface area contributed by atoms with Crippen LogP contribution in [0.1, 0.15) is 11.1 Å². The van der Waals surface area contributed by atoms with Crippen molar-refractivity contribution in [2.45, 2.75) is 18.7 Å². The van der Waals surface area contributed by atoms with E-state index < -0.39 is 6.09 Å². The Morgan fingerprint density at radius 2 is 2.07 bits per heavy atom. The predicted octanol–water partition coefficient (Wildman–Crippen LogP) is 2.92. The summed E-state index contributed by atoms with van der Waals surface area (Å²) >= 11 is 1.22. The maximum atomic E-state index is 10.6. The molecule has 0 aliphatic carbocycles. The van der Waals surface area contributed by atoms with E-state index in [0.717, 1.165) is 10.5 Å². The van der Waals surface area contributed by atoms with E-state index in [2.05, 4.69) is 0 Å². The topological polar surface area (TPSA) is 40.5 Å². The normalized spacial score (nSPS) is 9.93. The Hall–Kier alpha value is -1.16. The molecular weight excluding hydrogens is 198 g/mol. The monoisotopic (exact) mass is 211 g/mol. The van der Waals surface area contributed by atoms with Crippen molar-refractivity contribution < 1.29 is 9.90 Å². The van der Waals surface area contributed by atoms with Crippen LogP contribution in [0.4, 0.5) is 4.79 Å². The zero-order chi connectivity index (χ0) is 10.7. The summed E-state index contributed by atoms with van der Waals surface area (Å²) in [5, 5.41) is 8.69. The summed E-state index contributed by atoms with van der Waals surface area (Å²) in [6.45, 7) is 3.99. The van der Waals surface area contributed by atoms with Crippen LogP contribution in [0.2, 0.25) is 0 Å². The average Bonchev–Trinajstić information content (AvgIpc) is 2.09. The molecule has 0 radical (unpaired) electrons. The van der Waals surface area contributed by atoms with Crippen LogP contribution in [0.15, 0.2) is 23.1 Å². The summed E-state index contributed by atoms with van der Waals surface area (Å²) in [6.07, 6.45) is -0.935. The van der Waals surface area contributed by atoms with Gasteiger partial charge < -0.3 is 5.11 Å². The molecule has 1 amide bonds. The Morgan fingerprint density at radius 3 is 2.57 bits per heavy atom. The van der Waals surface area contributed by atoms with Crippen LogP contribution in [0, 0.1) is 13.8 Å². The molecule has 76 valence electrons. The summed E-state index contributed by atoms with van der Waals surface area (Å²) in [4.78, 5) is 11.6. The van der Waals surface area contributed by atoms with Crippen molar-refractivity contribution in [2.75, 3.05) is 7.05 Å². The zero-order valence-electron chi connectivity index (χ0n) is 8.44. The highest BCUT2D eigenvalue weighted by atomic mass is 32.2. The molecule has 0 aromatic heterocycles. The molecule has 0 heterocycles. The molecule has 3 nitrogen and oxygen atoms in total. The first kappa shape index (κ1) is 10.9. The van der Waals surface area contributed by atoms with Gasteiger partial charge in [0.1, 0.15) is 0 Å². The van der Waals surface area contributed by atoms with Crippen LogP contribution in [-0.4, -0.2) is 22.6 Å². The lowest BCUT2D eigenvalue weighted by Crippen LogP contribution is -2.16. The molecule has 0 aliphatic rings. The number of amides is 1. The molecule has 14 heavy (non-hydrogen) atoms. The number of nitrogens with zero attached hydrogens (tertiary/aromatic N) is 1. The fourth-order valence-corrected chi connectivity index (χ4v) is 1.79. The van der Waals surface area contributed by atoms with Crippen molar-refractivity contribution in [3.8, 4) is 0 Å². The molecule has 0 fully saturated rings. The van der Waals surface area contributed by atoms with E-state index in [9.17, 15) is 4.79 Å². The van der Waals surface area contributed by atoms with E-state index in [0.29, 0.717) is 0 Å². The number of hydrogen-bond acceptors (Lipinski definition) is 2. The van der Waals surface area contributed by atoms with Crippen LogP contribution < -0.4 is 0 Å². The van der Waals surface area contributed by atoms with E-state index >= 15 is 0 Å². The number of carboxylic acid groups (broad SMARTS) is 1. The van der Waals surface area contributed by atoms with Gasteiger partial charge in [-0.05, 0) is 37.4 Å². The van der Waals surface area contributed by atoms with E-state index in [1.807, 2.05) is 32.0 Å². The summed E-state index contributed by atoms with van der Waals surface area (Å²) in [6, 6.07) is 5.96. The first-order valence-corrected chi connectivity index (χ1v) is 5.00. The van der Waals surface area contributed by atoms with Gasteiger partial charge in [-0.1, -0.05) is 17.7 Å². The van der Waals surface area contributed by atoms with Crippen molar-refractivity contribution in [3.63, 3.8) is 0 Å². The number of hydrogen-bond donors (Lipinski definition) is 1. The smallest absolute Gasteiger partial charge is 0.417 e. The molecular formula is C10H13NO2S. The Bertz CT molecular complexity index is 352. The lowest BCUT2D eigenvalue weighted by atomic mass is 10.2. The van der Waals surface area contributed by atoms with Crippen molar-refractivity contribution >= 4 is 18.0 Å². The summed E-state index contributed by atoms with van der Waals surface area (Å²) < 4.78 is 1.19. The van der Waals surface area contributed by atoms with Crippen LogP contribution in [0.25, 0.3) is 0 Å². The van der Waals surface area contributed by atoms with E-state index in [1.165, 1.54) is 28.9 Å². The van der Waals surface area contributed by atoms with Gasteiger partial charge in [0.2, 0.25) is 0 Å². The first-order valence-electron chi connectivity index (χ1n) is 4.22.